The van der Waals surface area contributed by atoms with Gasteiger partial charge in [0.25, 0.3) is 0 Å². The Hall–Kier alpha value is -5.00. The summed E-state index contributed by atoms with van der Waals surface area (Å²) in [5.41, 5.74) is 4.35. The summed E-state index contributed by atoms with van der Waals surface area (Å²) >= 11 is 0. The van der Waals surface area contributed by atoms with E-state index in [1.165, 1.54) is 26.4 Å². The van der Waals surface area contributed by atoms with Crippen molar-refractivity contribution in [1.29, 1.82) is 0 Å². The summed E-state index contributed by atoms with van der Waals surface area (Å²) in [7, 11) is 4.62. The van der Waals surface area contributed by atoms with Crippen molar-refractivity contribution in [3.63, 3.8) is 0 Å². The highest BCUT2D eigenvalue weighted by Crippen LogP contribution is 2.57. The lowest BCUT2D eigenvalue weighted by Crippen LogP contribution is -2.39. The van der Waals surface area contributed by atoms with Gasteiger partial charge in [-0.2, -0.15) is 0 Å². The number of hydrogen-bond donors (Lipinski definition) is 1. The van der Waals surface area contributed by atoms with Gasteiger partial charge in [0.1, 0.15) is 12.4 Å². The molecule has 5 atom stereocenters. The monoisotopic (exact) mass is 643 g/mol. The van der Waals surface area contributed by atoms with Gasteiger partial charge in [0.05, 0.1) is 26.9 Å². The summed E-state index contributed by atoms with van der Waals surface area (Å²) in [6, 6.07) is 23.0. The Morgan fingerprint density at radius 2 is 1.57 bits per heavy atom. The number of anilines is 1. The quantitative estimate of drug-likeness (QED) is 0.154. The van der Waals surface area contributed by atoms with Gasteiger partial charge in [-0.3, -0.25) is 0 Å². The number of fused-ring (bicyclic) bond motifs is 3. The zero-order valence-electron chi connectivity index (χ0n) is 26.1. The van der Waals surface area contributed by atoms with E-state index in [0.717, 1.165) is 27.9 Å². The molecule has 3 aliphatic rings. The SMILES string of the molecule is COc1cc([C@@H]2c3cc4c(cc3[C@@H](Nc3ccc(F)cc3)[C@H]3CO[C@@H](OC)[C@H]23)OCO4)cc(OC)c1OC(=O)OCc1ccccc1. The highest BCUT2D eigenvalue weighted by atomic mass is 19.1. The third kappa shape index (κ3) is 5.88. The molecule has 47 heavy (non-hydrogen) atoms. The molecule has 4 aromatic carbocycles. The third-order valence-corrected chi connectivity index (χ3v) is 8.95. The van der Waals surface area contributed by atoms with Crippen LogP contribution in [0.3, 0.4) is 0 Å². The van der Waals surface area contributed by atoms with Crippen molar-refractivity contribution in [2.75, 3.05) is 40.0 Å². The van der Waals surface area contributed by atoms with Gasteiger partial charge >= 0.3 is 6.16 Å². The molecule has 0 radical (unpaired) electrons. The summed E-state index contributed by atoms with van der Waals surface area (Å²) in [6.07, 6.45) is -1.44. The molecule has 2 heterocycles. The minimum absolute atomic E-state index is 0.0476. The smallest absolute Gasteiger partial charge is 0.493 e. The van der Waals surface area contributed by atoms with Crippen molar-refractivity contribution >= 4 is 11.8 Å². The largest absolute Gasteiger partial charge is 0.514 e. The second-order valence-electron chi connectivity index (χ2n) is 11.5. The Morgan fingerprint density at radius 1 is 0.894 bits per heavy atom. The zero-order chi connectivity index (χ0) is 32.5. The lowest BCUT2D eigenvalue weighted by atomic mass is 9.65. The number of rotatable bonds is 9. The number of nitrogens with one attached hydrogen (secondary N) is 1. The first-order valence-electron chi connectivity index (χ1n) is 15.2. The van der Waals surface area contributed by atoms with E-state index in [9.17, 15) is 9.18 Å². The lowest BCUT2D eigenvalue weighted by Gasteiger charge is -2.42. The molecule has 1 N–H and O–H groups in total. The number of ether oxygens (including phenoxy) is 8. The Morgan fingerprint density at radius 3 is 2.23 bits per heavy atom. The van der Waals surface area contributed by atoms with E-state index >= 15 is 0 Å². The van der Waals surface area contributed by atoms with Gasteiger partial charge in [0.15, 0.2) is 29.3 Å². The molecule has 0 bridgehead atoms. The van der Waals surface area contributed by atoms with Gasteiger partial charge in [-0.15, -0.1) is 0 Å². The zero-order valence-corrected chi connectivity index (χ0v) is 26.1. The predicted octanol–water partition coefficient (Wildman–Crippen LogP) is 6.82. The topological polar surface area (TPSA) is 103 Å². The molecule has 7 rings (SSSR count). The average molecular weight is 644 g/mol. The first kappa shape index (κ1) is 30.6. The third-order valence-electron chi connectivity index (χ3n) is 8.95. The van der Waals surface area contributed by atoms with Crippen molar-refractivity contribution in [1.82, 2.24) is 0 Å². The molecule has 4 aromatic rings. The van der Waals surface area contributed by atoms with Crippen LogP contribution in [-0.2, 0) is 20.8 Å². The lowest BCUT2D eigenvalue weighted by molar-refractivity contribution is -0.113. The standard InChI is InChI=1S/C36H34FNO9/c1-40-29-13-21(14-30(41-2)34(29)47-36(39)44-17-20-7-5-4-6-8-20)31-24-15-27-28(46-19-45-27)16-25(24)33(26-18-43-35(42-3)32(26)31)38-23-11-9-22(37)10-12-23/h4-16,26,31-33,35,38H,17-19H2,1-3H3/t26-,31+,32-,33+,35+/m0/s1. The van der Waals surface area contributed by atoms with Gasteiger partial charge in [-0.25, -0.2) is 9.18 Å². The van der Waals surface area contributed by atoms with Crippen LogP contribution in [0.2, 0.25) is 0 Å². The van der Waals surface area contributed by atoms with Crippen LogP contribution in [0.5, 0.6) is 28.7 Å². The van der Waals surface area contributed by atoms with Crippen LogP contribution in [0.25, 0.3) is 0 Å². The fraction of sp³-hybridized carbons (Fsp3) is 0.306. The molecule has 0 spiro atoms. The Bertz CT molecular complexity index is 1720. The first-order chi connectivity index (χ1) is 23.0. The number of methoxy groups -OCH3 is 3. The number of carbonyl (C=O) groups excluding carboxylic acids is 1. The van der Waals surface area contributed by atoms with E-state index in [1.54, 1.807) is 19.2 Å². The van der Waals surface area contributed by atoms with Gasteiger partial charge in [0, 0.05) is 30.6 Å². The molecule has 1 saturated heterocycles. The van der Waals surface area contributed by atoms with E-state index in [2.05, 4.69) is 5.32 Å². The molecule has 0 aromatic heterocycles. The average Bonchev–Trinajstić information content (AvgIpc) is 3.75. The van der Waals surface area contributed by atoms with Gasteiger partial charge in [0.2, 0.25) is 12.5 Å². The maximum absolute atomic E-state index is 13.8. The maximum Gasteiger partial charge on any atom is 0.514 e. The van der Waals surface area contributed by atoms with Crippen molar-refractivity contribution < 1.29 is 47.1 Å². The number of carbonyl (C=O) groups is 1. The van der Waals surface area contributed by atoms with E-state index in [4.69, 9.17) is 37.9 Å². The summed E-state index contributed by atoms with van der Waals surface area (Å²) in [5, 5.41) is 3.62. The van der Waals surface area contributed by atoms with Crippen LogP contribution in [0.4, 0.5) is 14.9 Å². The predicted molar refractivity (Wildman–Crippen MR) is 168 cm³/mol. The van der Waals surface area contributed by atoms with E-state index in [1.807, 2.05) is 54.6 Å². The first-order valence-corrected chi connectivity index (χ1v) is 15.2. The van der Waals surface area contributed by atoms with Crippen LogP contribution in [0.1, 0.15) is 34.2 Å². The number of benzene rings is 4. The summed E-state index contributed by atoms with van der Waals surface area (Å²) < 4.78 is 60.1. The molecule has 11 heteroatoms. The number of halogens is 1. The fourth-order valence-corrected chi connectivity index (χ4v) is 6.85. The van der Waals surface area contributed by atoms with Crippen molar-refractivity contribution in [2.45, 2.75) is 24.9 Å². The molecule has 0 saturated carbocycles. The van der Waals surface area contributed by atoms with E-state index in [0.29, 0.717) is 18.1 Å². The summed E-state index contributed by atoms with van der Waals surface area (Å²) in [6.45, 7) is 0.574. The van der Waals surface area contributed by atoms with Crippen molar-refractivity contribution in [3.05, 3.63) is 107 Å². The maximum atomic E-state index is 13.8. The highest BCUT2D eigenvalue weighted by Gasteiger charge is 2.52. The second-order valence-corrected chi connectivity index (χ2v) is 11.5. The van der Waals surface area contributed by atoms with Crippen LogP contribution in [-0.4, -0.2) is 47.2 Å². The molecule has 1 aliphatic carbocycles. The van der Waals surface area contributed by atoms with Gasteiger partial charge in [-0.1, -0.05) is 30.3 Å². The molecule has 10 nitrogen and oxygen atoms in total. The van der Waals surface area contributed by atoms with E-state index in [-0.39, 0.29) is 60.3 Å². The molecule has 2 aliphatic heterocycles. The Balaban J connectivity index is 1.29. The Kier molecular flexibility index (Phi) is 8.48. The molecule has 0 unspecified atom stereocenters. The molecular formula is C36H34FNO9. The second kappa shape index (κ2) is 13.0. The van der Waals surface area contributed by atoms with Crippen molar-refractivity contribution in [2.24, 2.45) is 11.8 Å². The Labute approximate surface area is 271 Å². The van der Waals surface area contributed by atoms with E-state index < -0.39 is 12.4 Å². The molecule has 1 fully saturated rings. The summed E-state index contributed by atoms with van der Waals surface area (Å²) in [4.78, 5) is 12.8. The molecular weight excluding hydrogens is 609 g/mol. The minimum Gasteiger partial charge on any atom is -0.493 e. The molecule has 0 amide bonds. The van der Waals surface area contributed by atoms with Crippen LogP contribution in [0.15, 0.2) is 78.9 Å². The normalized spacial score (nSPS) is 22.2. The van der Waals surface area contributed by atoms with Crippen molar-refractivity contribution in [3.8, 4) is 28.7 Å². The highest BCUT2D eigenvalue weighted by molar-refractivity contribution is 5.69. The summed E-state index contributed by atoms with van der Waals surface area (Å²) in [5.74, 6) is 1.09. The molecule has 244 valence electrons. The van der Waals surface area contributed by atoms with Gasteiger partial charge in [-0.05, 0) is 70.8 Å². The van der Waals surface area contributed by atoms with Crippen LogP contribution in [0, 0.1) is 17.7 Å². The fourth-order valence-electron chi connectivity index (χ4n) is 6.85. The van der Waals surface area contributed by atoms with Crippen LogP contribution >= 0.6 is 0 Å². The van der Waals surface area contributed by atoms with Gasteiger partial charge < -0.3 is 43.2 Å². The van der Waals surface area contributed by atoms with Crippen LogP contribution < -0.4 is 29.0 Å². The minimum atomic E-state index is -0.896. The number of hydrogen-bond acceptors (Lipinski definition) is 10.